The van der Waals surface area contributed by atoms with E-state index >= 15 is 0 Å². The van der Waals surface area contributed by atoms with Gasteiger partial charge in [-0.2, -0.15) is 18.5 Å². The van der Waals surface area contributed by atoms with Crippen LogP contribution in [0.1, 0.15) is 44.1 Å². The minimum absolute atomic E-state index is 0.0156. The molecule has 9 amide bonds. The summed E-state index contributed by atoms with van der Waals surface area (Å²) in [5, 5.41) is 1.97. The fraction of sp³-hybridized carbons (Fsp3) is 0.586. The highest BCUT2D eigenvalue weighted by molar-refractivity contribution is 7.80. The number of likely N-dealkylation sites (N-methyl/N-ethyl adjacent to an activating group) is 1. The third-order valence-corrected chi connectivity index (χ3v) is 10.0. The molecule has 6 atom stereocenters. The lowest BCUT2D eigenvalue weighted by atomic mass is 10.0. The number of fused-ring (bicyclic) bond motifs is 6. The Kier molecular flexibility index (Phi) is 10.7. The number of carbonyl (C=O) groups is 6. The van der Waals surface area contributed by atoms with Gasteiger partial charge in [0.25, 0.3) is 0 Å². The number of hydrogen-bond acceptors (Lipinski definition) is 10. The molecule has 274 valence electrons. The Morgan fingerprint density at radius 3 is 1.60 bits per heavy atom. The SMILES string of the molecule is CN1C(=O)N2C[C@H]1CC[C@H]2C(N)=O.NC(=O)[C@@H]1CC[C@@H]2CN1C(=O)N2OCc1ccccc1.NC(=O)[C@@H]1CC[C@@H]2CN1C(=O)N2OS(=O)(=O)O. The fourth-order valence-corrected chi connectivity index (χ4v) is 7.46. The summed E-state index contributed by atoms with van der Waals surface area (Å²) in [6.45, 7) is 1.67. The van der Waals surface area contributed by atoms with Gasteiger partial charge in [0.05, 0.1) is 18.1 Å². The van der Waals surface area contributed by atoms with Gasteiger partial charge in [-0.15, -0.1) is 4.28 Å². The van der Waals surface area contributed by atoms with Crippen molar-refractivity contribution in [2.75, 3.05) is 26.7 Å². The Hall–Kier alpha value is -4.73. The van der Waals surface area contributed by atoms with Crippen LogP contribution in [-0.2, 0) is 40.5 Å². The minimum Gasteiger partial charge on any atom is -0.368 e. The monoisotopic (exact) mass is 723 g/mol. The van der Waals surface area contributed by atoms with Gasteiger partial charge in [0.1, 0.15) is 24.7 Å². The Bertz CT molecular complexity index is 1620. The predicted octanol–water partition coefficient (Wildman–Crippen LogP) is -1.28. The van der Waals surface area contributed by atoms with Crippen molar-refractivity contribution in [2.45, 2.75) is 81.4 Å². The second-order valence-corrected chi connectivity index (χ2v) is 13.8. The quantitative estimate of drug-likeness (QED) is 0.229. The molecular weight excluding hydrogens is 682 g/mol. The number of rotatable bonds is 8. The lowest BCUT2D eigenvalue weighted by molar-refractivity contribution is -0.140. The average Bonchev–Trinajstić information content (AvgIpc) is 3.54. The molecule has 6 aliphatic heterocycles. The van der Waals surface area contributed by atoms with Crippen LogP contribution in [0.4, 0.5) is 14.4 Å². The number of piperidine rings is 3. The molecule has 6 fully saturated rings. The van der Waals surface area contributed by atoms with Crippen LogP contribution < -0.4 is 17.2 Å². The van der Waals surface area contributed by atoms with E-state index in [2.05, 4.69) is 4.28 Å². The Morgan fingerprint density at radius 2 is 1.12 bits per heavy atom. The normalized spacial score (nSPS) is 28.2. The Balaban J connectivity index is 0.000000149. The number of amides is 9. The summed E-state index contributed by atoms with van der Waals surface area (Å²) in [4.78, 5) is 80.5. The van der Waals surface area contributed by atoms with Gasteiger partial charge in [-0.1, -0.05) is 30.3 Å². The first-order chi connectivity index (χ1) is 23.6. The van der Waals surface area contributed by atoms with Crippen LogP contribution in [0.2, 0.25) is 0 Å². The molecule has 6 saturated heterocycles. The Morgan fingerprint density at radius 1 is 0.700 bits per heavy atom. The zero-order valence-electron chi connectivity index (χ0n) is 27.3. The maximum absolute atomic E-state index is 12.2. The van der Waals surface area contributed by atoms with Crippen molar-refractivity contribution in [2.24, 2.45) is 17.2 Å². The number of nitrogens with zero attached hydrogens (tertiary/aromatic N) is 6. The zero-order valence-corrected chi connectivity index (χ0v) is 28.1. The molecule has 7 N–H and O–H groups in total. The molecular formula is C29H41N9O11S. The molecule has 50 heavy (non-hydrogen) atoms. The molecule has 0 saturated carbocycles. The molecule has 0 aliphatic carbocycles. The van der Waals surface area contributed by atoms with Gasteiger partial charge in [0.15, 0.2) is 0 Å². The van der Waals surface area contributed by atoms with Crippen LogP contribution in [0, 0.1) is 0 Å². The standard InChI is InChI=1S/C14H17N3O3.C8H13N3O2.C7H11N3O6S/c15-13(18)12-7-6-11-8-16(12)14(19)17(11)20-9-10-4-2-1-3-5-10;1-10-5-2-3-6(7(9)12)11(4-5)8(10)13;8-6(11)5-2-1-4-3-9(5)7(12)10(4)16-17(13,14)15/h1-5,11-12H,6-9H2,(H2,15,18);5-6H,2-4H2,1H3,(H2,9,12);4-5H,1-3H2,(H2,8,11)(H,13,14,15)/t11-,12+;5-,6+;4-,5+/m111/s1. The number of urea groups is 3. The maximum atomic E-state index is 12.2. The molecule has 0 aromatic heterocycles. The largest absolute Gasteiger partial charge is 0.418 e. The molecule has 0 unspecified atom stereocenters. The lowest BCUT2D eigenvalue weighted by Gasteiger charge is -2.27. The summed E-state index contributed by atoms with van der Waals surface area (Å²) in [7, 11) is -2.98. The summed E-state index contributed by atoms with van der Waals surface area (Å²) < 4.78 is 33.8. The first-order valence-electron chi connectivity index (χ1n) is 16.0. The van der Waals surface area contributed by atoms with E-state index in [0.29, 0.717) is 50.4 Å². The van der Waals surface area contributed by atoms with E-state index in [1.54, 1.807) is 16.8 Å². The third kappa shape index (κ3) is 7.69. The molecule has 6 heterocycles. The smallest absolute Gasteiger partial charge is 0.368 e. The molecule has 0 spiro atoms. The highest BCUT2D eigenvalue weighted by Gasteiger charge is 2.49. The minimum atomic E-state index is -4.75. The third-order valence-electron chi connectivity index (χ3n) is 9.67. The van der Waals surface area contributed by atoms with E-state index in [4.69, 9.17) is 26.6 Å². The van der Waals surface area contributed by atoms with Crippen LogP contribution in [0.15, 0.2) is 30.3 Å². The fourth-order valence-electron chi connectivity index (χ4n) is 7.07. The molecule has 6 bridgehead atoms. The average molecular weight is 724 g/mol. The molecule has 7 rings (SSSR count). The summed E-state index contributed by atoms with van der Waals surface area (Å²) in [6, 6.07) is 6.73. The molecule has 0 radical (unpaired) electrons. The first-order valence-corrected chi connectivity index (χ1v) is 17.4. The van der Waals surface area contributed by atoms with Crippen LogP contribution in [0.25, 0.3) is 0 Å². The maximum Gasteiger partial charge on any atom is 0.418 e. The van der Waals surface area contributed by atoms with Crippen molar-refractivity contribution < 1.29 is 50.9 Å². The topological polar surface area (TPSA) is 273 Å². The number of nitrogens with two attached hydrogens (primary N) is 3. The second kappa shape index (κ2) is 14.6. The van der Waals surface area contributed by atoms with Crippen molar-refractivity contribution >= 4 is 46.2 Å². The van der Waals surface area contributed by atoms with Crippen molar-refractivity contribution in [1.29, 1.82) is 0 Å². The van der Waals surface area contributed by atoms with Crippen molar-refractivity contribution in [1.82, 2.24) is 29.7 Å². The van der Waals surface area contributed by atoms with E-state index in [9.17, 15) is 37.2 Å². The highest BCUT2D eigenvalue weighted by atomic mass is 32.3. The van der Waals surface area contributed by atoms with Crippen molar-refractivity contribution in [3.63, 3.8) is 0 Å². The zero-order chi connectivity index (χ0) is 36.5. The predicted molar refractivity (Wildman–Crippen MR) is 170 cm³/mol. The number of hydroxylamine groups is 4. The van der Waals surface area contributed by atoms with Gasteiger partial charge >= 0.3 is 28.5 Å². The lowest BCUT2D eigenvalue weighted by Crippen LogP contribution is -2.47. The summed E-state index contributed by atoms with van der Waals surface area (Å²) in [6.07, 6.45) is 3.66. The molecule has 20 nitrogen and oxygen atoms in total. The van der Waals surface area contributed by atoms with Gasteiger partial charge in [0, 0.05) is 26.7 Å². The molecule has 21 heteroatoms. The summed E-state index contributed by atoms with van der Waals surface area (Å²) in [5.74, 6) is -1.48. The first kappa shape index (κ1) is 36.5. The van der Waals surface area contributed by atoms with Gasteiger partial charge < -0.3 is 36.8 Å². The van der Waals surface area contributed by atoms with Crippen LogP contribution in [0.3, 0.4) is 0 Å². The molecule has 1 aromatic carbocycles. The van der Waals surface area contributed by atoms with E-state index in [-0.39, 0.29) is 42.6 Å². The highest BCUT2D eigenvalue weighted by Crippen LogP contribution is 2.32. The molecule has 1 aromatic rings. The van der Waals surface area contributed by atoms with Gasteiger partial charge in [0.2, 0.25) is 17.7 Å². The summed E-state index contributed by atoms with van der Waals surface area (Å²) in [5.41, 5.74) is 16.7. The molecule has 6 aliphatic rings. The van der Waals surface area contributed by atoms with Crippen LogP contribution in [-0.4, -0.2) is 141 Å². The van der Waals surface area contributed by atoms with Crippen LogP contribution >= 0.6 is 0 Å². The van der Waals surface area contributed by atoms with E-state index in [0.717, 1.165) is 23.3 Å². The van der Waals surface area contributed by atoms with E-state index in [1.165, 1.54) is 9.96 Å². The Labute approximate surface area is 287 Å². The summed E-state index contributed by atoms with van der Waals surface area (Å²) >= 11 is 0. The van der Waals surface area contributed by atoms with E-state index in [1.807, 2.05) is 30.3 Å². The number of carbonyl (C=O) groups excluding carboxylic acids is 6. The van der Waals surface area contributed by atoms with Gasteiger partial charge in [-0.05, 0) is 44.1 Å². The van der Waals surface area contributed by atoms with Crippen LogP contribution in [0.5, 0.6) is 0 Å². The van der Waals surface area contributed by atoms with Gasteiger partial charge in [-0.3, -0.25) is 23.8 Å². The number of hydrogen-bond donors (Lipinski definition) is 4. The van der Waals surface area contributed by atoms with Crippen molar-refractivity contribution in [3.05, 3.63) is 35.9 Å². The second-order valence-electron chi connectivity index (χ2n) is 12.8. The van der Waals surface area contributed by atoms with Gasteiger partial charge in [-0.25, -0.2) is 14.4 Å². The van der Waals surface area contributed by atoms with Crippen molar-refractivity contribution in [3.8, 4) is 0 Å². The number of primary amides is 3. The number of benzene rings is 1. The van der Waals surface area contributed by atoms with E-state index < -0.39 is 46.4 Å².